The van der Waals surface area contributed by atoms with Gasteiger partial charge in [-0.3, -0.25) is 4.79 Å². The van der Waals surface area contributed by atoms with Gasteiger partial charge in [-0.2, -0.15) is 0 Å². The van der Waals surface area contributed by atoms with Gasteiger partial charge in [-0.1, -0.05) is 42.5 Å². The molecule has 112 valence electrons. The maximum atomic E-state index is 12.2. The average Bonchev–Trinajstić information content (AvgIpc) is 3.34. The first-order chi connectivity index (χ1) is 10.6. The Morgan fingerprint density at radius 3 is 2.59 bits per heavy atom. The molecule has 1 aliphatic carbocycles. The quantitative estimate of drug-likeness (QED) is 0.891. The summed E-state index contributed by atoms with van der Waals surface area (Å²) in [5.41, 5.74) is 2.24. The van der Waals surface area contributed by atoms with Crippen LogP contribution >= 0.6 is 0 Å². The van der Waals surface area contributed by atoms with Crippen molar-refractivity contribution in [2.24, 2.45) is 5.92 Å². The van der Waals surface area contributed by atoms with Gasteiger partial charge in [0.15, 0.2) is 0 Å². The largest absolute Gasteiger partial charge is 0.478 e. The Balaban J connectivity index is 1.56. The van der Waals surface area contributed by atoms with Crippen molar-refractivity contribution < 1.29 is 14.7 Å². The number of carboxylic acid groups (broad SMARTS) is 1. The molecule has 0 heterocycles. The van der Waals surface area contributed by atoms with Gasteiger partial charge in [0.05, 0.1) is 5.56 Å². The van der Waals surface area contributed by atoms with E-state index in [1.807, 2.05) is 36.4 Å². The standard InChI is InChI=1S/C18H17NO3/c20-17(16-10-15(16)13-6-2-1-3-7-13)19-11-12-5-4-8-14(9-12)18(21)22/h1-9,15-16H,10-11H2,(H,19,20)(H,21,22). The second-order valence-electron chi connectivity index (χ2n) is 5.58. The van der Waals surface area contributed by atoms with Crippen molar-refractivity contribution in [3.8, 4) is 0 Å². The first kappa shape index (κ1) is 14.3. The summed E-state index contributed by atoms with van der Waals surface area (Å²) in [5, 5.41) is 11.9. The van der Waals surface area contributed by atoms with Gasteiger partial charge in [-0.15, -0.1) is 0 Å². The molecule has 0 saturated heterocycles. The predicted molar refractivity (Wildman–Crippen MR) is 82.5 cm³/mol. The van der Waals surface area contributed by atoms with Crippen LogP contribution in [0.2, 0.25) is 0 Å². The third kappa shape index (κ3) is 3.17. The van der Waals surface area contributed by atoms with Crippen LogP contribution in [-0.4, -0.2) is 17.0 Å². The van der Waals surface area contributed by atoms with E-state index in [0.717, 1.165) is 12.0 Å². The minimum atomic E-state index is -0.959. The maximum absolute atomic E-state index is 12.2. The number of rotatable bonds is 5. The Hall–Kier alpha value is -2.62. The summed E-state index contributed by atoms with van der Waals surface area (Å²) in [4.78, 5) is 23.1. The van der Waals surface area contributed by atoms with E-state index in [9.17, 15) is 9.59 Å². The zero-order valence-electron chi connectivity index (χ0n) is 12.0. The van der Waals surface area contributed by atoms with Crippen molar-refractivity contribution in [3.63, 3.8) is 0 Å². The third-order valence-electron chi connectivity index (χ3n) is 4.00. The van der Waals surface area contributed by atoms with Crippen molar-refractivity contribution >= 4 is 11.9 Å². The number of hydrogen-bond acceptors (Lipinski definition) is 2. The number of carbonyl (C=O) groups is 2. The van der Waals surface area contributed by atoms with Gasteiger partial charge in [0.1, 0.15) is 0 Å². The molecule has 2 N–H and O–H groups in total. The molecule has 0 aromatic heterocycles. The SMILES string of the molecule is O=C(O)c1cccc(CNC(=O)C2CC2c2ccccc2)c1. The monoisotopic (exact) mass is 295 g/mol. The highest BCUT2D eigenvalue weighted by Gasteiger charge is 2.43. The van der Waals surface area contributed by atoms with E-state index in [0.29, 0.717) is 12.5 Å². The zero-order chi connectivity index (χ0) is 15.5. The first-order valence-corrected chi connectivity index (χ1v) is 7.30. The minimum Gasteiger partial charge on any atom is -0.478 e. The van der Waals surface area contributed by atoms with E-state index in [1.165, 1.54) is 5.56 Å². The topological polar surface area (TPSA) is 66.4 Å². The number of nitrogens with one attached hydrogen (secondary N) is 1. The van der Waals surface area contributed by atoms with Crippen LogP contribution in [0, 0.1) is 5.92 Å². The van der Waals surface area contributed by atoms with E-state index < -0.39 is 5.97 Å². The predicted octanol–water partition coefficient (Wildman–Crippen LogP) is 2.80. The fraction of sp³-hybridized carbons (Fsp3) is 0.222. The Bertz CT molecular complexity index is 696. The lowest BCUT2D eigenvalue weighted by molar-refractivity contribution is -0.122. The van der Waals surface area contributed by atoms with Gasteiger partial charge >= 0.3 is 5.97 Å². The van der Waals surface area contributed by atoms with Gasteiger partial charge < -0.3 is 10.4 Å². The second-order valence-corrected chi connectivity index (χ2v) is 5.58. The van der Waals surface area contributed by atoms with Crippen LogP contribution < -0.4 is 5.32 Å². The van der Waals surface area contributed by atoms with Crippen LogP contribution in [0.4, 0.5) is 0 Å². The molecule has 2 unspecified atom stereocenters. The third-order valence-corrected chi connectivity index (χ3v) is 4.00. The molecular formula is C18H17NO3. The van der Waals surface area contributed by atoms with E-state index in [4.69, 9.17) is 5.11 Å². The molecule has 0 aliphatic heterocycles. The van der Waals surface area contributed by atoms with Crippen LogP contribution in [0.15, 0.2) is 54.6 Å². The molecule has 4 heteroatoms. The summed E-state index contributed by atoms with van der Waals surface area (Å²) in [6.07, 6.45) is 0.880. The summed E-state index contributed by atoms with van der Waals surface area (Å²) in [7, 11) is 0. The molecule has 4 nitrogen and oxygen atoms in total. The fourth-order valence-electron chi connectivity index (χ4n) is 2.69. The number of benzene rings is 2. The lowest BCUT2D eigenvalue weighted by Crippen LogP contribution is -2.25. The maximum Gasteiger partial charge on any atom is 0.335 e. The van der Waals surface area contributed by atoms with Crippen molar-refractivity contribution in [2.75, 3.05) is 0 Å². The zero-order valence-corrected chi connectivity index (χ0v) is 12.0. The summed E-state index contributed by atoms with van der Waals surface area (Å²) in [6, 6.07) is 16.7. The number of hydrogen-bond donors (Lipinski definition) is 2. The highest BCUT2D eigenvalue weighted by molar-refractivity contribution is 5.87. The smallest absolute Gasteiger partial charge is 0.335 e. The van der Waals surface area contributed by atoms with E-state index >= 15 is 0 Å². The fourth-order valence-corrected chi connectivity index (χ4v) is 2.69. The van der Waals surface area contributed by atoms with Gasteiger partial charge in [0.25, 0.3) is 0 Å². The molecule has 0 spiro atoms. The highest BCUT2D eigenvalue weighted by atomic mass is 16.4. The molecule has 0 bridgehead atoms. The average molecular weight is 295 g/mol. The van der Waals surface area contributed by atoms with Crippen LogP contribution in [0.5, 0.6) is 0 Å². The van der Waals surface area contributed by atoms with Crippen LogP contribution in [0.25, 0.3) is 0 Å². The van der Waals surface area contributed by atoms with E-state index in [-0.39, 0.29) is 17.4 Å². The number of amides is 1. The molecule has 1 aliphatic rings. The normalized spacial score (nSPS) is 19.5. The number of aromatic carboxylic acids is 1. The van der Waals surface area contributed by atoms with Gasteiger partial charge in [0.2, 0.25) is 5.91 Å². The van der Waals surface area contributed by atoms with E-state index in [2.05, 4.69) is 5.32 Å². The number of carboxylic acids is 1. The van der Waals surface area contributed by atoms with Crippen molar-refractivity contribution in [3.05, 3.63) is 71.3 Å². The highest BCUT2D eigenvalue weighted by Crippen LogP contribution is 2.47. The summed E-state index contributed by atoms with van der Waals surface area (Å²) in [6.45, 7) is 0.359. The minimum absolute atomic E-state index is 0.0325. The Labute approximate surface area is 128 Å². The second kappa shape index (κ2) is 6.02. The van der Waals surface area contributed by atoms with Crippen LogP contribution in [-0.2, 0) is 11.3 Å². The van der Waals surface area contributed by atoms with Crippen molar-refractivity contribution in [1.82, 2.24) is 5.32 Å². The van der Waals surface area contributed by atoms with Crippen molar-refractivity contribution in [1.29, 1.82) is 0 Å². The molecular weight excluding hydrogens is 278 g/mol. The Morgan fingerprint density at radius 1 is 1.09 bits per heavy atom. The van der Waals surface area contributed by atoms with E-state index in [1.54, 1.807) is 18.2 Å². The van der Waals surface area contributed by atoms with Crippen LogP contribution in [0.3, 0.4) is 0 Å². The molecule has 1 saturated carbocycles. The van der Waals surface area contributed by atoms with Gasteiger partial charge in [-0.05, 0) is 35.6 Å². The van der Waals surface area contributed by atoms with Crippen molar-refractivity contribution in [2.45, 2.75) is 18.9 Å². The molecule has 2 atom stereocenters. The lowest BCUT2D eigenvalue weighted by Gasteiger charge is -2.06. The molecule has 2 aromatic carbocycles. The van der Waals surface area contributed by atoms with Crippen LogP contribution in [0.1, 0.15) is 33.8 Å². The summed E-state index contributed by atoms with van der Waals surface area (Å²) >= 11 is 0. The van der Waals surface area contributed by atoms with Gasteiger partial charge in [-0.25, -0.2) is 4.79 Å². The van der Waals surface area contributed by atoms with Gasteiger partial charge in [0, 0.05) is 12.5 Å². The molecule has 3 rings (SSSR count). The summed E-state index contributed by atoms with van der Waals surface area (Å²) in [5.74, 6) is -0.578. The molecule has 1 fully saturated rings. The Morgan fingerprint density at radius 2 is 1.86 bits per heavy atom. The first-order valence-electron chi connectivity index (χ1n) is 7.30. The number of carbonyl (C=O) groups excluding carboxylic acids is 1. The molecule has 22 heavy (non-hydrogen) atoms. The molecule has 0 radical (unpaired) electrons. The molecule has 1 amide bonds. The Kier molecular flexibility index (Phi) is 3.92. The summed E-state index contributed by atoms with van der Waals surface area (Å²) < 4.78 is 0. The molecule has 2 aromatic rings. The lowest BCUT2D eigenvalue weighted by atomic mass is 10.1.